The second-order valence-electron chi connectivity index (χ2n) is 4.83. The number of halogens is 1. The van der Waals surface area contributed by atoms with Crippen molar-refractivity contribution in [3.63, 3.8) is 0 Å². The van der Waals surface area contributed by atoms with Crippen LogP contribution >= 0.6 is 11.6 Å². The largest absolute Gasteiger partial charge is 0.496 e. The van der Waals surface area contributed by atoms with Crippen LogP contribution in [0.4, 0.5) is 0 Å². The molecule has 4 heteroatoms. The van der Waals surface area contributed by atoms with Crippen LogP contribution in [0.3, 0.4) is 0 Å². The molecule has 0 bridgehead atoms. The maximum atomic E-state index is 6.34. The Morgan fingerprint density at radius 1 is 1.44 bits per heavy atom. The van der Waals surface area contributed by atoms with Crippen LogP contribution in [-0.4, -0.2) is 26.8 Å². The first-order valence-corrected chi connectivity index (χ1v) is 6.71. The number of hydrogen-bond donors (Lipinski definition) is 1. The quantitative estimate of drug-likeness (QED) is 0.915. The minimum atomic E-state index is 0.0208. The van der Waals surface area contributed by atoms with Gasteiger partial charge in [-0.25, -0.2) is 0 Å². The third-order valence-corrected chi connectivity index (χ3v) is 3.57. The van der Waals surface area contributed by atoms with E-state index in [0.717, 1.165) is 41.6 Å². The van der Waals surface area contributed by atoms with E-state index in [0.29, 0.717) is 5.92 Å². The summed E-state index contributed by atoms with van der Waals surface area (Å²) in [6, 6.07) is 4.01. The van der Waals surface area contributed by atoms with E-state index in [1.807, 2.05) is 12.1 Å². The number of morpholine rings is 1. The lowest BCUT2D eigenvalue weighted by molar-refractivity contribution is 0.0262. The lowest BCUT2D eigenvalue weighted by atomic mass is 9.98. The molecule has 0 aliphatic carbocycles. The van der Waals surface area contributed by atoms with Crippen molar-refractivity contribution in [3.8, 4) is 5.75 Å². The number of ether oxygens (including phenoxy) is 2. The van der Waals surface area contributed by atoms with Crippen molar-refractivity contribution in [1.29, 1.82) is 0 Å². The van der Waals surface area contributed by atoms with Crippen LogP contribution in [-0.2, 0) is 4.74 Å². The molecule has 0 aromatic heterocycles. The van der Waals surface area contributed by atoms with Gasteiger partial charge in [-0.1, -0.05) is 25.4 Å². The summed E-state index contributed by atoms with van der Waals surface area (Å²) in [4.78, 5) is 0. The Morgan fingerprint density at radius 3 is 2.78 bits per heavy atom. The van der Waals surface area contributed by atoms with E-state index in [9.17, 15) is 0 Å². The normalized spacial score (nSPS) is 20.2. The Kier molecular flexibility index (Phi) is 4.49. The Labute approximate surface area is 113 Å². The molecular formula is C14H20ClNO2. The summed E-state index contributed by atoms with van der Waals surface area (Å²) in [7, 11) is 1.69. The molecule has 1 aliphatic heterocycles. The number of nitrogens with one attached hydrogen (secondary N) is 1. The van der Waals surface area contributed by atoms with Crippen LogP contribution in [0.2, 0.25) is 5.02 Å². The van der Waals surface area contributed by atoms with Crippen LogP contribution in [0.15, 0.2) is 12.1 Å². The number of benzene rings is 1. The zero-order valence-electron chi connectivity index (χ0n) is 11.1. The van der Waals surface area contributed by atoms with Crippen LogP contribution in [0.1, 0.15) is 37.0 Å². The van der Waals surface area contributed by atoms with Gasteiger partial charge in [-0.05, 0) is 23.6 Å². The monoisotopic (exact) mass is 269 g/mol. The van der Waals surface area contributed by atoms with Gasteiger partial charge in [0.15, 0.2) is 0 Å². The molecule has 2 rings (SSSR count). The summed E-state index contributed by atoms with van der Waals surface area (Å²) >= 11 is 6.34. The third kappa shape index (κ3) is 2.79. The van der Waals surface area contributed by atoms with Gasteiger partial charge < -0.3 is 14.8 Å². The first-order chi connectivity index (χ1) is 8.63. The molecule has 1 heterocycles. The zero-order valence-corrected chi connectivity index (χ0v) is 11.9. The fraction of sp³-hybridized carbons (Fsp3) is 0.571. The molecule has 0 saturated carbocycles. The van der Waals surface area contributed by atoms with Crippen molar-refractivity contribution in [2.75, 3.05) is 26.8 Å². The minimum absolute atomic E-state index is 0.0208. The van der Waals surface area contributed by atoms with Gasteiger partial charge in [0.05, 0.1) is 19.8 Å². The summed E-state index contributed by atoms with van der Waals surface area (Å²) in [5, 5.41) is 4.10. The van der Waals surface area contributed by atoms with Gasteiger partial charge in [0.25, 0.3) is 0 Å². The van der Waals surface area contributed by atoms with Gasteiger partial charge in [-0.15, -0.1) is 0 Å². The SMILES string of the molecule is COc1cc(C(C)C)c(Cl)cc1C1CNCCO1. The molecular weight excluding hydrogens is 250 g/mol. The number of hydrogen-bond acceptors (Lipinski definition) is 3. The smallest absolute Gasteiger partial charge is 0.125 e. The van der Waals surface area contributed by atoms with Crippen molar-refractivity contribution in [3.05, 3.63) is 28.3 Å². The molecule has 1 aliphatic rings. The van der Waals surface area contributed by atoms with E-state index >= 15 is 0 Å². The fourth-order valence-corrected chi connectivity index (χ4v) is 2.61. The summed E-state index contributed by atoms with van der Waals surface area (Å²) in [6.45, 7) is 6.67. The van der Waals surface area contributed by atoms with Gasteiger partial charge in [0.2, 0.25) is 0 Å². The average Bonchev–Trinajstić information content (AvgIpc) is 2.39. The molecule has 3 nitrogen and oxygen atoms in total. The maximum Gasteiger partial charge on any atom is 0.125 e. The molecule has 1 N–H and O–H groups in total. The molecule has 100 valence electrons. The van der Waals surface area contributed by atoms with Gasteiger partial charge in [-0.2, -0.15) is 0 Å². The topological polar surface area (TPSA) is 30.5 Å². The van der Waals surface area contributed by atoms with E-state index in [2.05, 4.69) is 19.2 Å². The third-order valence-electron chi connectivity index (χ3n) is 3.25. The minimum Gasteiger partial charge on any atom is -0.496 e. The number of rotatable bonds is 3. The Balaban J connectivity index is 2.37. The van der Waals surface area contributed by atoms with E-state index in [4.69, 9.17) is 21.1 Å². The lowest BCUT2D eigenvalue weighted by Gasteiger charge is -2.26. The van der Waals surface area contributed by atoms with Crippen molar-refractivity contribution in [1.82, 2.24) is 5.32 Å². The average molecular weight is 270 g/mol. The second-order valence-corrected chi connectivity index (χ2v) is 5.24. The van der Waals surface area contributed by atoms with Gasteiger partial charge in [0.1, 0.15) is 5.75 Å². The van der Waals surface area contributed by atoms with E-state index < -0.39 is 0 Å². The van der Waals surface area contributed by atoms with Crippen molar-refractivity contribution < 1.29 is 9.47 Å². The van der Waals surface area contributed by atoms with Gasteiger partial charge in [-0.3, -0.25) is 0 Å². The highest BCUT2D eigenvalue weighted by molar-refractivity contribution is 6.31. The fourth-order valence-electron chi connectivity index (χ4n) is 2.22. The summed E-state index contributed by atoms with van der Waals surface area (Å²) in [6.07, 6.45) is 0.0208. The maximum absolute atomic E-state index is 6.34. The van der Waals surface area contributed by atoms with Gasteiger partial charge in [0, 0.05) is 23.7 Å². The molecule has 0 amide bonds. The van der Waals surface area contributed by atoms with Crippen LogP contribution < -0.4 is 10.1 Å². The molecule has 0 spiro atoms. The van der Waals surface area contributed by atoms with Crippen molar-refractivity contribution in [2.24, 2.45) is 0 Å². The molecule has 1 saturated heterocycles. The Morgan fingerprint density at radius 2 is 2.22 bits per heavy atom. The van der Waals surface area contributed by atoms with Crippen LogP contribution in [0.5, 0.6) is 5.75 Å². The highest BCUT2D eigenvalue weighted by atomic mass is 35.5. The van der Waals surface area contributed by atoms with Crippen LogP contribution in [0, 0.1) is 0 Å². The lowest BCUT2D eigenvalue weighted by Crippen LogP contribution is -2.33. The zero-order chi connectivity index (χ0) is 13.1. The highest BCUT2D eigenvalue weighted by Gasteiger charge is 2.21. The standard InChI is InChI=1S/C14H20ClNO2/c1-9(2)10-7-13(17-3)11(6-12(10)15)14-8-16-4-5-18-14/h6-7,9,14,16H,4-5,8H2,1-3H3. The summed E-state index contributed by atoms with van der Waals surface area (Å²) in [5.74, 6) is 1.24. The molecule has 1 atom stereocenters. The first-order valence-electron chi connectivity index (χ1n) is 6.33. The summed E-state index contributed by atoms with van der Waals surface area (Å²) in [5.41, 5.74) is 2.14. The Hall–Kier alpha value is -0.770. The predicted molar refractivity (Wildman–Crippen MR) is 73.7 cm³/mol. The molecule has 18 heavy (non-hydrogen) atoms. The molecule has 1 unspecified atom stereocenters. The highest BCUT2D eigenvalue weighted by Crippen LogP contribution is 2.36. The summed E-state index contributed by atoms with van der Waals surface area (Å²) < 4.78 is 11.2. The molecule has 1 aromatic carbocycles. The van der Waals surface area contributed by atoms with E-state index in [1.165, 1.54) is 0 Å². The van der Waals surface area contributed by atoms with Gasteiger partial charge >= 0.3 is 0 Å². The first kappa shape index (κ1) is 13.7. The number of methoxy groups -OCH3 is 1. The second kappa shape index (κ2) is 5.91. The van der Waals surface area contributed by atoms with E-state index in [-0.39, 0.29) is 6.10 Å². The van der Waals surface area contributed by atoms with E-state index in [1.54, 1.807) is 7.11 Å². The predicted octanol–water partition coefficient (Wildman–Crippen LogP) is 3.13. The Bertz CT molecular complexity index is 415. The van der Waals surface area contributed by atoms with Crippen molar-refractivity contribution >= 4 is 11.6 Å². The molecule has 1 fully saturated rings. The molecule has 0 radical (unpaired) electrons. The molecule has 1 aromatic rings. The van der Waals surface area contributed by atoms with Crippen molar-refractivity contribution in [2.45, 2.75) is 25.9 Å². The van der Waals surface area contributed by atoms with Crippen LogP contribution in [0.25, 0.3) is 0 Å².